The molecule has 0 saturated carbocycles. The van der Waals surface area contributed by atoms with Crippen LogP contribution >= 0.6 is 11.8 Å². The number of aromatic nitrogens is 1. The molecule has 1 atom stereocenters. The lowest BCUT2D eigenvalue weighted by molar-refractivity contribution is -0.139. The highest BCUT2D eigenvalue weighted by atomic mass is 32.2. The van der Waals surface area contributed by atoms with Gasteiger partial charge in [-0.15, -0.1) is 0 Å². The molecule has 1 aromatic carbocycles. The molecule has 8 nitrogen and oxygen atoms in total. The highest BCUT2D eigenvalue weighted by Crippen LogP contribution is 2.33. The van der Waals surface area contributed by atoms with Crippen molar-refractivity contribution >= 4 is 28.8 Å². The highest BCUT2D eigenvalue weighted by Gasteiger charge is 2.40. The maximum atomic E-state index is 12.9. The molecule has 0 aliphatic carbocycles. The molecule has 0 unspecified atom stereocenters. The summed E-state index contributed by atoms with van der Waals surface area (Å²) in [5, 5.41) is 18.2. The van der Waals surface area contributed by atoms with E-state index in [4.69, 9.17) is 4.52 Å². The van der Waals surface area contributed by atoms with Crippen LogP contribution in [0.3, 0.4) is 0 Å². The van der Waals surface area contributed by atoms with Crippen LogP contribution in [0.15, 0.2) is 46.8 Å². The van der Waals surface area contributed by atoms with Gasteiger partial charge in [-0.3, -0.25) is 9.59 Å². The van der Waals surface area contributed by atoms with Crippen molar-refractivity contribution in [1.82, 2.24) is 15.8 Å². The van der Waals surface area contributed by atoms with Gasteiger partial charge in [0.2, 0.25) is 5.12 Å². The van der Waals surface area contributed by atoms with Gasteiger partial charge in [0.25, 0.3) is 5.91 Å². The summed E-state index contributed by atoms with van der Waals surface area (Å²) in [5.41, 5.74) is 1.24. The van der Waals surface area contributed by atoms with Gasteiger partial charge >= 0.3 is 5.97 Å². The van der Waals surface area contributed by atoms with E-state index in [1.807, 2.05) is 18.2 Å². The number of benzene rings is 1. The molecule has 1 amide bonds. The summed E-state index contributed by atoms with van der Waals surface area (Å²) in [5.74, 6) is -1.34. The first-order valence-corrected chi connectivity index (χ1v) is 9.28. The summed E-state index contributed by atoms with van der Waals surface area (Å²) in [6, 6.07) is 8.06. The van der Waals surface area contributed by atoms with Crippen LogP contribution in [0.1, 0.15) is 30.0 Å². The number of aliphatic carboxylic acids is 1. The average molecular weight is 401 g/mol. The Morgan fingerprint density at radius 1 is 1.29 bits per heavy atom. The SMILES string of the molecule is Cc1onc(-c2ccccc2)c1C(=O)NC1=CN[C@@H](C(=O)O)C(C)(C)SC1=O. The number of hydrogen-bond donors (Lipinski definition) is 3. The van der Waals surface area contributed by atoms with Crippen molar-refractivity contribution in [3.63, 3.8) is 0 Å². The van der Waals surface area contributed by atoms with Gasteiger partial charge in [-0.05, 0) is 20.8 Å². The number of carbonyl (C=O) groups excluding carboxylic acids is 2. The topological polar surface area (TPSA) is 122 Å². The first-order chi connectivity index (χ1) is 13.2. The van der Waals surface area contributed by atoms with Gasteiger partial charge in [0.05, 0.1) is 0 Å². The van der Waals surface area contributed by atoms with E-state index in [1.165, 1.54) is 6.20 Å². The molecule has 1 aliphatic heterocycles. The van der Waals surface area contributed by atoms with E-state index in [0.29, 0.717) is 17.0 Å². The van der Waals surface area contributed by atoms with E-state index >= 15 is 0 Å². The third kappa shape index (κ3) is 3.79. The molecule has 3 N–H and O–H groups in total. The molecule has 0 saturated heterocycles. The molecule has 1 aliphatic rings. The number of carboxylic acids is 1. The van der Waals surface area contributed by atoms with Crippen LogP contribution in [-0.4, -0.2) is 38.0 Å². The van der Waals surface area contributed by atoms with Crippen molar-refractivity contribution in [3.8, 4) is 11.3 Å². The summed E-state index contributed by atoms with van der Waals surface area (Å²) in [6.07, 6.45) is 1.23. The van der Waals surface area contributed by atoms with Crippen molar-refractivity contribution in [2.45, 2.75) is 31.6 Å². The predicted molar refractivity (Wildman–Crippen MR) is 103 cm³/mol. The fourth-order valence-corrected chi connectivity index (χ4v) is 3.84. The zero-order chi connectivity index (χ0) is 20.5. The molecule has 9 heteroatoms. The van der Waals surface area contributed by atoms with E-state index in [2.05, 4.69) is 15.8 Å². The normalized spacial score (nSPS) is 18.6. The summed E-state index contributed by atoms with van der Waals surface area (Å²) < 4.78 is 4.27. The van der Waals surface area contributed by atoms with E-state index in [9.17, 15) is 19.5 Å². The second-order valence-electron chi connectivity index (χ2n) is 6.77. The van der Waals surface area contributed by atoms with Gasteiger partial charge in [-0.25, -0.2) is 4.79 Å². The lowest BCUT2D eigenvalue weighted by atomic mass is 10.0. The zero-order valence-corrected chi connectivity index (χ0v) is 16.3. The lowest BCUT2D eigenvalue weighted by Crippen LogP contribution is -2.47. The smallest absolute Gasteiger partial charge is 0.327 e. The van der Waals surface area contributed by atoms with Crippen molar-refractivity contribution in [1.29, 1.82) is 0 Å². The Hall–Kier alpha value is -3.07. The molecular formula is C19H19N3O5S. The number of thioether (sulfide) groups is 1. The zero-order valence-electron chi connectivity index (χ0n) is 15.5. The Kier molecular flexibility index (Phi) is 5.28. The molecule has 0 bridgehead atoms. The minimum absolute atomic E-state index is 0.0357. The first-order valence-electron chi connectivity index (χ1n) is 8.46. The van der Waals surface area contributed by atoms with Gasteiger partial charge in [-0.1, -0.05) is 47.3 Å². The lowest BCUT2D eigenvalue weighted by Gasteiger charge is -2.27. The maximum Gasteiger partial charge on any atom is 0.327 e. The molecule has 2 aromatic rings. The summed E-state index contributed by atoms with van der Waals surface area (Å²) in [7, 11) is 0. The van der Waals surface area contributed by atoms with Crippen molar-refractivity contribution in [2.75, 3.05) is 0 Å². The second-order valence-corrected chi connectivity index (χ2v) is 8.40. The Bertz CT molecular complexity index is 965. The van der Waals surface area contributed by atoms with Crippen LogP contribution in [0.5, 0.6) is 0 Å². The molecule has 3 rings (SSSR count). The Balaban J connectivity index is 1.89. The Morgan fingerprint density at radius 2 is 1.96 bits per heavy atom. The quantitative estimate of drug-likeness (QED) is 0.714. The van der Waals surface area contributed by atoms with Crippen molar-refractivity contribution < 1.29 is 24.0 Å². The molecule has 0 spiro atoms. The largest absolute Gasteiger partial charge is 0.480 e. The second kappa shape index (κ2) is 7.51. The van der Waals surface area contributed by atoms with E-state index in [1.54, 1.807) is 32.9 Å². The molecule has 2 heterocycles. The van der Waals surface area contributed by atoms with Crippen molar-refractivity contribution in [3.05, 3.63) is 53.6 Å². The van der Waals surface area contributed by atoms with Gasteiger partial charge in [-0.2, -0.15) is 0 Å². The monoisotopic (exact) mass is 401 g/mol. The van der Waals surface area contributed by atoms with Gasteiger partial charge in [0, 0.05) is 16.5 Å². The molecule has 0 radical (unpaired) electrons. The van der Waals surface area contributed by atoms with Gasteiger partial charge in [0.1, 0.15) is 28.8 Å². The van der Waals surface area contributed by atoms with Crippen LogP contribution in [0.25, 0.3) is 11.3 Å². The number of nitrogens with zero attached hydrogens (tertiary/aromatic N) is 1. The van der Waals surface area contributed by atoms with Crippen LogP contribution in [0.2, 0.25) is 0 Å². The number of nitrogens with one attached hydrogen (secondary N) is 2. The Labute approximate surface area is 165 Å². The third-order valence-corrected chi connectivity index (χ3v) is 5.46. The summed E-state index contributed by atoms with van der Waals surface area (Å²) >= 11 is 0.849. The molecule has 0 fully saturated rings. The van der Waals surface area contributed by atoms with Crippen LogP contribution in [0, 0.1) is 6.92 Å². The van der Waals surface area contributed by atoms with E-state index in [0.717, 1.165) is 11.8 Å². The number of aryl methyl sites for hydroxylation is 1. The molecule has 28 heavy (non-hydrogen) atoms. The van der Waals surface area contributed by atoms with Gasteiger partial charge < -0.3 is 20.3 Å². The molecular weight excluding hydrogens is 382 g/mol. The first kappa shape index (κ1) is 19.7. The highest BCUT2D eigenvalue weighted by molar-refractivity contribution is 8.15. The van der Waals surface area contributed by atoms with E-state index < -0.39 is 27.8 Å². The summed E-state index contributed by atoms with van der Waals surface area (Å²) in [6.45, 7) is 4.91. The van der Waals surface area contributed by atoms with Crippen molar-refractivity contribution in [2.24, 2.45) is 0 Å². The fourth-order valence-electron chi connectivity index (χ4n) is 2.85. The van der Waals surface area contributed by atoms with E-state index in [-0.39, 0.29) is 11.3 Å². The number of carbonyl (C=O) groups is 3. The van der Waals surface area contributed by atoms with Crippen LogP contribution in [-0.2, 0) is 9.59 Å². The standard InChI is InChI=1S/C19H19N3O5S/c1-10-13(14(22-27-10)11-7-5-4-6-8-11)16(23)21-12-9-20-15(17(24)25)19(2,3)28-18(12)26/h4-9,15,20H,1-3H3,(H,21,23)(H,24,25)/t15-/m0/s1. The summed E-state index contributed by atoms with van der Waals surface area (Å²) in [4.78, 5) is 36.9. The number of carboxylic acid groups (broad SMARTS) is 1. The van der Waals surface area contributed by atoms with Crippen LogP contribution in [0.4, 0.5) is 0 Å². The van der Waals surface area contributed by atoms with Crippen LogP contribution < -0.4 is 10.6 Å². The van der Waals surface area contributed by atoms with Gasteiger partial charge in [0.15, 0.2) is 0 Å². The number of rotatable bonds is 4. The number of hydrogen-bond acceptors (Lipinski definition) is 7. The third-order valence-electron chi connectivity index (χ3n) is 4.30. The predicted octanol–water partition coefficient (Wildman–Crippen LogP) is 2.32. The minimum Gasteiger partial charge on any atom is -0.480 e. The maximum absolute atomic E-state index is 12.9. The molecule has 1 aromatic heterocycles. The number of amides is 1. The minimum atomic E-state index is -1.09. The average Bonchev–Trinajstić information content (AvgIpc) is 2.97. The molecule has 146 valence electrons. The fraction of sp³-hybridized carbons (Fsp3) is 0.263. The Morgan fingerprint density at radius 3 is 2.61 bits per heavy atom.